The first kappa shape index (κ1) is 16.8. The third-order valence-electron chi connectivity index (χ3n) is 2.57. The summed E-state index contributed by atoms with van der Waals surface area (Å²) in [5.74, 6) is 1.15. The van der Waals surface area contributed by atoms with Crippen LogP contribution in [0.25, 0.3) is 0 Å². The Morgan fingerprint density at radius 2 is 2.41 bits per heavy atom. The summed E-state index contributed by atoms with van der Waals surface area (Å²) >= 11 is 2.79. The number of anilines is 1. The number of furan rings is 1. The third kappa shape index (κ3) is 6.04. The topological polar surface area (TPSA) is 89.3 Å². The van der Waals surface area contributed by atoms with Crippen LogP contribution in [0.3, 0.4) is 0 Å². The number of hydrogen-bond acceptors (Lipinski definition) is 8. The number of methoxy groups -OCH3 is 1. The van der Waals surface area contributed by atoms with Gasteiger partial charge in [0.1, 0.15) is 5.76 Å². The molecule has 0 radical (unpaired) electrons. The monoisotopic (exact) mass is 342 g/mol. The molecule has 0 saturated carbocycles. The Bertz CT molecular complexity index is 559. The van der Waals surface area contributed by atoms with Gasteiger partial charge in [-0.25, -0.2) is 0 Å². The van der Waals surface area contributed by atoms with Crippen LogP contribution in [0.15, 0.2) is 27.2 Å². The van der Waals surface area contributed by atoms with Crippen LogP contribution in [0.2, 0.25) is 0 Å². The van der Waals surface area contributed by atoms with E-state index in [-0.39, 0.29) is 5.91 Å². The molecule has 2 aromatic rings. The van der Waals surface area contributed by atoms with E-state index in [1.54, 1.807) is 13.4 Å². The van der Waals surface area contributed by atoms with E-state index in [9.17, 15) is 4.79 Å². The van der Waals surface area contributed by atoms with Crippen LogP contribution in [-0.4, -0.2) is 42.1 Å². The molecule has 0 bridgehead atoms. The van der Waals surface area contributed by atoms with E-state index in [1.165, 1.54) is 23.1 Å². The van der Waals surface area contributed by atoms with Crippen molar-refractivity contribution < 1.29 is 13.9 Å². The van der Waals surface area contributed by atoms with Gasteiger partial charge in [-0.3, -0.25) is 4.79 Å². The van der Waals surface area contributed by atoms with Crippen LogP contribution in [0.1, 0.15) is 12.2 Å². The Labute approximate surface area is 136 Å². The first-order valence-electron chi connectivity index (χ1n) is 6.76. The Morgan fingerprint density at radius 1 is 1.50 bits per heavy atom. The van der Waals surface area contributed by atoms with Gasteiger partial charge in [0.25, 0.3) is 0 Å². The van der Waals surface area contributed by atoms with E-state index in [4.69, 9.17) is 9.15 Å². The average molecular weight is 342 g/mol. The van der Waals surface area contributed by atoms with Crippen molar-refractivity contribution in [2.45, 2.75) is 17.3 Å². The van der Waals surface area contributed by atoms with Crippen LogP contribution in [0, 0.1) is 0 Å². The molecule has 9 heteroatoms. The van der Waals surface area contributed by atoms with Crippen molar-refractivity contribution in [2.24, 2.45) is 0 Å². The lowest BCUT2D eigenvalue weighted by atomic mass is 10.4. The van der Waals surface area contributed by atoms with Gasteiger partial charge in [0.05, 0.1) is 18.6 Å². The molecular formula is C13H18N4O3S2. The maximum Gasteiger partial charge on any atom is 0.230 e. The Balaban J connectivity index is 1.65. The second kappa shape index (κ2) is 9.44. The Hall–Kier alpha value is -1.58. The van der Waals surface area contributed by atoms with Gasteiger partial charge in [-0.2, -0.15) is 0 Å². The second-order valence-electron chi connectivity index (χ2n) is 4.29. The quantitative estimate of drug-likeness (QED) is 0.504. The summed E-state index contributed by atoms with van der Waals surface area (Å²) in [4.78, 5) is 11.6. The SMILES string of the molecule is COCCCNC(=O)CSc1nnc(NCc2ccco2)s1. The highest BCUT2D eigenvalue weighted by Crippen LogP contribution is 2.25. The third-order valence-corrected chi connectivity index (χ3v) is 4.59. The van der Waals surface area contributed by atoms with E-state index in [0.717, 1.165) is 16.5 Å². The number of thioether (sulfide) groups is 1. The van der Waals surface area contributed by atoms with Crippen LogP contribution in [-0.2, 0) is 16.1 Å². The molecule has 0 unspecified atom stereocenters. The largest absolute Gasteiger partial charge is 0.467 e. The van der Waals surface area contributed by atoms with Crippen LogP contribution >= 0.6 is 23.1 Å². The predicted octanol–water partition coefficient (Wildman–Crippen LogP) is 1.99. The summed E-state index contributed by atoms with van der Waals surface area (Å²) in [6.07, 6.45) is 2.44. The molecule has 0 atom stereocenters. The molecule has 0 spiro atoms. The summed E-state index contributed by atoms with van der Waals surface area (Å²) in [6, 6.07) is 3.72. The first-order valence-corrected chi connectivity index (χ1v) is 8.56. The van der Waals surface area contributed by atoms with Crippen molar-refractivity contribution in [3.05, 3.63) is 24.2 Å². The minimum Gasteiger partial charge on any atom is -0.467 e. The number of rotatable bonds is 10. The lowest BCUT2D eigenvalue weighted by molar-refractivity contribution is -0.118. The second-order valence-corrected chi connectivity index (χ2v) is 6.49. The van der Waals surface area contributed by atoms with Gasteiger partial charge in [-0.15, -0.1) is 10.2 Å². The van der Waals surface area contributed by atoms with Crippen LogP contribution in [0.5, 0.6) is 0 Å². The molecule has 0 fully saturated rings. The zero-order chi connectivity index (χ0) is 15.6. The zero-order valence-electron chi connectivity index (χ0n) is 12.2. The van der Waals surface area contributed by atoms with Gasteiger partial charge >= 0.3 is 0 Å². The minimum atomic E-state index is -0.0126. The zero-order valence-corrected chi connectivity index (χ0v) is 13.8. The van der Waals surface area contributed by atoms with Gasteiger partial charge < -0.3 is 19.8 Å². The standard InChI is InChI=1S/C13H18N4O3S2/c1-19-6-3-5-14-11(18)9-21-13-17-16-12(22-13)15-8-10-4-2-7-20-10/h2,4,7H,3,5-6,8-9H2,1H3,(H,14,18)(H,15,16). The molecule has 22 heavy (non-hydrogen) atoms. The number of ether oxygens (including phenoxy) is 1. The maximum absolute atomic E-state index is 11.6. The van der Waals surface area contributed by atoms with E-state index in [2.05, 4.69) is 20.8 Å². The summed E-state index contributed by atoms with van der Waals surface area (Å²) in [6.45, 7) is 1.83. The molecule has 0 aromatic carbocycles. The fourth-order valence-electron chi connectivity index (χ4n) is 1.54. The molecule has 0 aliphatic rings. The fourth-order valence-corrected chi connectivity index (χ4v) is 3.12. The van der Waals surface area contributed by atoms with Gasteiger partial charge in [-0.1, -0.05) is 23.1 Å². The minimum absolute atomic E-state index is 0.0126. The lowest BCUT2D eigenvalue weighted by Gasteiger charge is -2.03. The number of aromatic nitrogens is 2. The van der Waals surface area contributed by atoms with Crippen LogP contribution < -0.4 is 10.6 Å². The van der Waals surface area contributed by atoms with Crippen molar-refractivity contribution in [1.29, 1.82) is 0 Å². The van der Waals surface area contributed by atoms with E-state index < -0.39 is 0 Å². The van der Waals surface area contributed by atoms with Gasteiger partial charge in [0, 0.05) is 20.3 Å². The number of hydrogen-bond donors (Lipinski definition) is 2. The fraction of sp³-hybridized carbons (Fsp3) is 0.462. The summed E-state index contributed by atoms with van der Waals surface area (Å²) in [7, 11) is 1.64. The van der Waals surface area contributed by atoms with Crippen molar-refractivity contribution in [3.8, 4) is 0 Å². The molecule has 2 aromatic heterocycles. The van der Waals surface area contributed by atoms with Crippen molar-refractivity contribution >= 4 is 34.1 Å². The van der Waals surface area contributed by atoms with Crippen LogP contribution in [0.4, 0.5) is 5.13 Å². The Kier molecular flexibility index (Phi) is 7.20. The molecule has 0 saturated heterocycles. The number of amides is 1. The van der Waals surface area contributed by atoms with Gasteiger partial charge in [0.2, 0.25) is 11.0 Å². The molecule has 0 aliphatic heterocycles. The van der Waals surface area contributed by atoms with Gasteiger partial charge in [-0.05, 0) is 18.6 Å². The lowest BCUT2D eigenvalue weighted by Crippen LogP contribution is -2.26. The average Bonchev–Trinajstić information content (AvgIpc) is 3.18. The van der Waals surface area contributed by atoms with Gasteiger partial charge in [0.15, 0.2) is 4.34 Å². The van der Waals surface area contributed by atoms with E-state index in [1.807, 2.05) is 12.1 Å². The van der Waals surface area contributed by atoms with E-state index >= 15 is 0 Å². The number of carbonyl (C=O) groups is 1. The summed E-state index contributed by atoms with van der Waals surface area (Å²) in [5.41, 5.74) is 0. The van der Waals surface area contributed by atoms with Crippen molar-refractivity contribution in [3.63, 3.8) is 0 Å². The highest BCUT2D eigenvalue weighted by molar-refractivity contribution is 8.01. The molecular weight excluding hydrogens is 324 g/mol. The molecule has 1 amide bonds. The molecule has 120 valence electrons. The summed E-state index contributed by atoms with van der Waals surface area (Å²) < 4.78 is 10.9. The number of nitrogens with one attached hydrogen (secondary N) is 2. The normalized spacial score (nSPS) is 10.6. The molecule has 2 rings (SSSR count). The molecule has 2 N–H and O–H groups in total. The Morgan fingerprint density at radius 3 is 3.18 bits per heavy atom. The maximum atomic E-state index is 11.6. The molecule has 2 heterocycles. The molecule has 7 nitrogen and oxygen atoms in total. The highest BCUT2D eigenvalue weighted by atomic mass is 32.2. The van der Waals surface area contributed by atoms with E-state index in [0.29, 0.717) is 30.6 Å². The predicted molar refractivity (Wildman–Crippen MR) is 86.2 cm³/mol. The number of nitrogens with zero attached hydrogens (tertiary/aromatic N) is 2. The molecule has 0 aliphatic carbocycles. The smallest absolute Gasteiger partial charge is 0.230 e. The number of carbonyl (C=O) groups excluding carboxylic acids is 1. The highest BCUT2D eigenvalue weighted by Gasteiger charge is 2.08. The first-order chi connectivity index (χ1) is 10.8. The van der Waals surface area contributed by atoms with Crippen molar-refractivity contribution in [2.75, 3.05) is 31.3 Å². The summed E-state index contributed by atoms with van der Waals surface area (Å²) in [5, 5.41) is 14.7. The van der Waals surface area contributed by atoms with Crippen molar-refractivity contribution in [1.82, 2.24) is 15.5 Å².